The molecule has 0 saturated carbocycles. The Morgan fingerprint density at radius 2 is 2.03 bits per heavy atom. The van der Waals surface area contributed by atoms with E-state index in [1.54, 1.807) is 18.9 Å². The molecule has 2 aromatic rings. The van der Waals surface area contributed by atoms with Crippen molar-refractivity contribution in [1.29, 1.82) is 5.26 Å². The molecular formula is C27H32N6O4S. The molecule has 1 fully saturated rings. The molecule has 1 aromatic heterocycles. The number of aromatic nitrogens is 1. The quantitative estimate of drug-likeness (QED) is 0.465. The highest BCUT2D eigenvalue weighted by molar-refractivity contribution is 7.07. The molecule has 2 amide bonds. The lowest BCUT2D eigenvalue weighted by atomic mass is 10.2. The lowest BCUT2D eigenvalue weighted by Crippen LogP contribution is -2.49. The molecule has 38 heavy (non-hydrogen) atoms. The molecule has 1 aromatic carbocycles. The van der Waals surface area contributed by atoms with Crippen LogP contribution >= 0.6 is 11.3 Å². The summed E-state index contributed by atoms with van der Waals surface area (Å²) >= 11 is 1.04. The Labute approximate surface area is 225 Å². The number of likely N-dealkylation sites (N-methyl/N-ethyl adjacent to an activating group) is 1. The highest BCUT2D eigenvalue weighted by Crippen LogP contribution is 2.19. The number of terminal acetylenes is 1. The number of nitriles is 1. The first kappa shape index (κ1) is 28.7. The number of nitrogens with one attached hydrogen (secondary N) is 2. The molecule has 0 spiro atoms. The molecule has 11 heteroatoms. The van der Waals surface area contributed by atoms with E-state index in [1.165, 1.54) is 10.8 Å². The zero-order chi connectivity index (χ0) is 27.8. The average molecular weight is 537 g/mol. The smallest absolute Gasteiger partial charge is 0.270 e. The van der Waals surface area contributed by atoms with E-state index in [9.17, 15) is 19.6 Å². The molecule has 1 saturated heterocycles. The molecule has 3 rings (SSSR count). The number of rotatable bonds is 8. The molecule has 2 atom stereocenters. The third-order valence-electron chi connectivity index (χ3n) is 5.96. The summed E-state index contributed by atoms with van der Waals surface area (Å²) in [6.07, 6.45) is 6.87. The first-order valence-corrected chi connectivity index (χ1v) is 13.1. The van der Waals surface area contributed by atoms with Gasteiger partial charge in [-0.2, -0.15) is 5.26 Å². The summed E-state index contributed by atoms with van der Waals surface area (Å²) in [7, 11) is 1.73. The van der Waals surface area contributed by atoms with Crippen LogP contribution in [0.25, 0.3) is 11.8 Å². The van der Waals surface area contributed by atoms with Gasteiger partial charge in [-0.3, -0.25) is 23.9 Å². The minimum absolute atomic E-state index is 0.0235. The predicted molar refractivity (Wildman–Crippen MR) is 149 cm³/mol. The summed E-state index contributed by atoms with van der Waals surface area (Å²) in [5.41, 5.74) is 0.875. The fourth-order valence-electron chi connectivity index (χ4n) is 4.22. The Hall–Kier alpha value is -3.90. The highest BCUT2D eigenvalue weighted by Gasteiger charge is 2.25. The second-order valence-corrected chi connectivity index (χ2v) is 9.97. The van der Waals surface area contributed by atoms with Gasteiger partial charge in [0, 0.05) is 44.3 Å². The van der Waals surface area contributed by atoms with E-state index >= 15 is 0 Å². The van der Waals surface area contributed by atoms with Gasteiger partial charge >= 0.3 is 0 Å². The number of amides is 2. The Morgan fingerprint density at radius 3 is 2.66 bits per heavy atom. The first-order chi connectivity index (χ1) is 18.2. The van der Waals surface area contributed by atoms with Crippen LogP contribution in [0.1, 0.15) is 20.8 Å². The second kappa shape index (κ2) is 13.1. The number of nitrogens with zero attached hydrogens (tertiary/aromatic N) is 4. The zero-order valence-corrected chi connectivity index (χ0v) is 22.8. The number of ether oxygens (including phenoxy) is 1. The summed E-state index contributed by atoms with van der Waals surface area (Å²) in [6.45, 7) is 7.73. The van der Waals surface area contributed by atoms with Crippen LogP contribution in [-0.2, 0) is 20.9 Å². The van der Waals surface area contributed by atoms with Crippen molar-refractivity contribution in [2.45, 2.75) is 39.5 Å². The highest BCUT2D eigenvalue weighted by atomic mass is 32.1. The standard InChI is InChI=1S/C27H32N6O4S/c1-6-11-29-25(35)22(13-28)27-33(7-2)26(36)23(38-27)14-30-20-9-8-10-21(12-20)31(5)24(34)17-32-15-18(3)37-19(4)16-32/h1,8-10,12,14,18-19,30H,7,11,15-17H2,2-5H3,(H,29,35)/b23-14+,27-22-. The zero-order valence-electron chi connectivity index (χ0n) is 22.0. The largest absolute Gasteiger partial charge is 0.373 e. The van der Waals surface area contributed by atoms with Crippen LogP contribution in [0.4, 0.5) is 11.4 Å². The van der Waals surface area contributed by atoms with Crippen LogP contribution in [-0.4, -0.2) is 66.7 Å². The van der Waals surface area contributed by atoms with Crippen molar-refractivity contribution in [3.8, 4) is 18.4 Å². The van der Waals surface area contributed by atoms with Gasteiger partial charge in [0.25, 0.3) is 11.5 Å². The van der Waals surface area contributed by atoms with Crippen LogP contribution in [0.5, 0.6) is 0 Å². The first-order valence-electron chi connectivity index (χ1n) is 12.2. The van der Waals surface area contributed by atoms with E-state index in [0.29, 0.717) is 35.5 Å². The Morgan fingerprint density at radius 1 is 1.32 bits per heavy atom. The number of thiazole rings is 1. The van der Waals surface area contributed by atoms with Gasteiger partial charge in [0.2, 0.25) is 5.91 Å². The van der Waals surface area contributed by atoms with E-state index < -0.39 is 5.91 Å². The van der Waals surface area contributed by atoms with Gasteiger partial charge in [-0.15, -0.1) is 17.8 Å². The number of benzene rings is 1. The van der Waals surface area contributed by atoms with Crippen molar-refractivity contribution in [1.82, 2.24) is 14.8 Å². The fourth-order valence-corrected chi connectivity index (χ4v) is 5.30. The van der Waals surface area contributed by atoms with Crippen LogP contribution in [0, 0.1) is 23.7 Å². The van der Waals surface area contributed by atoms with Crippen molar-refractivity contribution < 1.29 is 14.3 Å². The second-order valence-electron chi connectivity index (χ2n) is 8.94. The van der Waals surface area contributed by atoms with Crippen LogP contribution in [0.15, 0.2) is 29.1 Å². The summed E-state index contributed by atoms with van der Waals surface area (Å²) in [6, 6.07) is 9.17. The summed E-state index contributed by atoms with van der Waals surface area (Å²) in [5.74, 6) is 1.62. The van der Waals surface area contributed by atoms with Crippen molar-refractivity contribution in [3.63, 3.8) is 0 Å². The van der Waals surface area contributed by atoms with Gasteiger partial charge in [-0.25, -0.2) is 0 Å². The third-order valence-corrected chi connectivity index (χ3v) is 7.09. The molecule has 0 aliphatic carbocycles. The summed E-state index contributed by atoms with van der Waals surface area (Å²) in [5, 5.41) is 15.1. The number of hydrogen-bond donors (Lipinski definition) is 2. The molecule has 0 bridgehead atoms. The van der Waals surface area contributed by atoms with Crippen molar-refractivity contribution in [3.05, 3.63) is 43.8 Å². The number of carbonyl (C=O) groups is 2. The van der Waals surface area contributed by atoms with Gasteiger partial charge in [0.05, 0.1) is 25.3 Å². The van der Waals surface area contributed by atoms with E-state index in [4.69, 9.17) is 11.2 Å². The topological polar surface area (TPSA) is 120 Å². The molecule has 10 nitrogen and oxygen atoms in total. The molecule has 2 heterocycles. The molecule has 200 valence electrons. The number of anilines is 2. The molecule has 2 unspecified atom stereocenters. The van der Waals surface area contributed by atoms with E-state index in [-0.39, 0.29) is 47.0 Å². The lowest BCUT2D eigenvalue weighted by molar-refractivity contribution is -0.123. The maximum Gasteiger partial charge on any atom is 0.270 e. The summed E-state index contributed by atoms with van der Waals surface area (Å²) < 4.78 is 7.71. The summed E-state index contributed by atoms with van der Waals surface area (Å²) in [4.78, 5) is 42.0. The molecular weight excluding hydrogens is 504 g/mol. The predicted octanol–water partition coefficient (Wildman–Crippen LogP) is 0.275. The van der Waals surface area contributed by atoms with Crippen LogP contribution < -0.4 is 30.3 Å². The Kier molecular flexibility index (Phi) is 9.85. The number of carbonyl (C=O) groups excluding carboxylic acids is 2. The minimum Gasteiger partial charge on any atom is -0.373 e. The van der Waals surface area contributed by atoms with Gasteiger partial charge in [0.15, 0.2) is 5.57 Å². The fraction of sp³-hybridized carbons (Fsp3) is 0.407. The van der Waals surface area contributed by atoms with Crippen molar-refractivity contribution >= 4 is 46.3 Å². The lowest BCUT2D eigenvalue weighted by Gasteiger charge is -2.35. The van der Waals surface area contributed by atoms with Gasteiger partial charge < -0.3 is 20.3 Å². The Balaban J connectivity index is 1.82. The minimum atomic E-state index is -0.630. The van der Waals surface area contributed by atoms with E-state index in [1.807, 2.05) is 44.2 Å². The van der Waals surface area contributed by atoms with E-state index in [0.717, 1.165) is 11.3 Å². The van der Waals surface area contributed by atoms with Crippen LogP contribution in [0.2, 0.25) is 0 Å². The van der Waals surface area contributed by atoms with Crippen molar-refractivity contribution in [2.75, 3.05) is 43.4 Å². The maximum absolute atomic E-state index is 12.9. The molecule has 1 aliphatic heterocycles. The molecule has 2 N–H and O–H groups in total. The number of hydrogen-bond acceptors (Lipinski definition) is 8. The third kappa shape index (κ3) is 6.90. The molecule has 1 aliphatic rings. The SMILES string of the molecule is C#CCNC(=O)/C(C#N)=c1\s/c(=C/Nc2cccc(N(C)C(=O)CN3CC(C)OC(C)C3)c2)c(=O)n1CC. The van der Waals surface area contributed by atoms with Gasteiger partial charge in [-0.1, -0.05) is 12.0 Å². The van der Waals surface area contributed by atoms with Crippen LogP contribution in [0.3, 0.4) is 0 Å². The van der Waals surface area contributed by atoms with Crippen molar-refractivity contribution in [2.24, 2.45) is 0 Å². The number of morpholine rings is 1. The van der Waals surface area contributed by atoms with Gasteiger partial charge in [-0.05, 0) is 39.0 Å². The monoisotopic (exact) mass is 536 g/mol. The van der Waals surface area contributed by atoms with Gasteiger partial charge in [0.1, 0.15) is 15.3 Å². The maximum atomic E-state index is 12.9. The Bertz CT molecular complexity index is 1440. The average Bonchev–Trinajstić information content (AvgIpc) is 3.20. The normalized spacial score (nSPS) is 18.7. The molecule has 0 radical (unpaired) electrons. The van der Waals surface area contributed by atoms with E-state index in [2.05, 4.69) is 21.5 Å².